The van der Waals surface area contributed by atoms with Crippen LogP contribution in [-0.2, 0) is 11.3 Å². The van der Waals surface area contributed by atoms with Gasteiger partial charge in [0, 0.05) is 22.0 Å². The lowest BCUT2D eigenvalue weighted by Gasteiger charge is -2.20. The summed E-state index contributed by atoms with van der Waals surface area (Å²) in [5.41, 5.74) is 6.46. The van der Waals surface area contributed by atoms with Gasteiger partial charge >= 0.3 is 0 Å². The number of thioether (sulfide) groups is 1. The van der Waals surface area contributed by atoms with Gasteiger partial charge in [0.05, 0.1) is 12.3 Å². The van der Waals surface area contributed by atoms with Crippen LogP contribution in [0, 0.1) is 0 Å². The number of carbonyl (C=O) groups excluding carboxylic acids is 1. The van der Waals surface area contributed by atoms with Crippen molar-refractivity contribution in [2.45, 2.75) is 11.4 Å². The maximum atomic E-state index is 12.3. The molecule has 2 aromatic rings. The summed E-state index contributed by atoms with van der Waals surface area (Å²) in [6.07, 6.45) is 1.76. The van der Waals surface area contributed by atoms with Crippen molar-refractivity contribution in [3.63, 3.8) is 0 Å². The molecule has 5 heteroatoms. The number of benzene rings is 1. The van der Waals surface area contributed by atoms with Crippen molar-refractivity contribution in [1.29, 1.82) is 0 Å². The zero-order chi connectivity index (χ0) is 15.1. The monoisotopic (exact) mass is 318 g/mol. The van der Waals surface area contributed by atoms with Crippen molar-refractivity contribution in [2.75, 3.05) is 18.0 Å². The van der Waals surface area contributed by atoms with Crippen LogP contribution in [0.3, 0.4) is 0 Å². The normalized spacial score (nSPS) is 10.3. The van der Waals surface area contributed by atoms with Crippen molar-refractivity contribution in [3.05, 3.63) is 59.3 Å². The van der Waals surface area contributed by atoms with Crippen molar-refractivity contribution in [2.24, 2.45) is 0 Å². The Labute approximate surface area is 133 Å². The smallest absolute Gasteiger partial charge is 0.233 e. The summed E-state index contributed by atoms with van der Waals surface area (Å²) in [6, 6.07) is 11.6. The van der Waals surface area contributed by atoms with Crippen LogP contribution in [0.1, 0.15) is 4.88 Å². The lowest BCUT2D eigenvalue weighted by atomic mass is 10.3. The van der Waals surface area contributed by atoms with Gasteiger partial charge in [-0.2, -0.15) is 0 Å². The van der Waals surface area contributed by atoms with Crippen molar-refractivity contribution < 1.29 is 4.79 Å². The predicted octanol–water partition coefficient (Wildman–Crippen LogP) is 3.64. The number of hydrogen-bond donors (Lipinski definition) is 1. The van der Waals surface area contributed by atoms with Crippen LogP contribution in [0.2, 0.25) is 0 Å². The Hall–Kier alpha value is -1.72. The van der Waals surface area contributed by atoms with Gasteiger partial charge < -0.3 is 10.6 Å². The third-order valence-corrected chi connectivity index (χ3v) is 4.69. The van der Waals surface area contributed by atoms with Crippen LogP contribution in [0.4, 0.5) is 5.69 Å². The molecule has 110 valence electrons. The maximum Gasteiger partial charge on any atom is 0.233 e. The molecular formula is C16H18N2OS2. The van der Waals surface area contributed by atoms with E-state index in [1.807, 2.05) is 46.7 Å². The molecule has 0 aliphatic heterocycles. The van der Waals surface area contributed by atoms with Crippen LogP contribution >= 0.6 is 23.1 Å². The van der Waals surface area contributed by atoms with Crippen LogP contribution in [0.25, 0.3) is 0 Å². The van der Waals surface area contributed by atoms with E-state index in [0.29, 0.717) is 24.5 Å². The zero-order valence-electron chi connectivity index (χ0n) is 11.7. The highest BCUT2D eigenvalue weighted by Gasteiger charge is 2.13. The molecule has 3 nitrogen and oxygen atoms in total. The van der Waals surface area contributed by atoms with E-state index < -0.39 is 0 Å². The molecule has 21 heavy (non-hydrogen) atoms. The second-order valence-corrected chi connectivity index (χ2v) is 6.58. The molecule has 1 amide bonds. The van der Waals surface area contributed by atoms with E-state index in [1.54, 1.807) is 17.4 Å². The Morgan fingerprint density at radius 2 is 2.24 bits per heavy atom. The molecule has 1 aromatic heterocycles. The van der Waals surface area contributed by atoms with Gasteiger partial charge in [-0.05, 0) is 29.6 Å². The van der Waals surface area contributed by atoms with Crippen molar-refractivity contribution >= 4 is 34.7 Å². The molecule has 0 saturated heterocycles. The minimum atomic E-state index is 0.107. The largest absolute Gasteiger partial charge is 0.399 e. The Morgan fingerprint density at radius 3 is 2.90 bits per heavy atom. The summed E-state index contributed by atoms with van der Waals surface area (Å²) < 4.78 is 0. The van der Waals surface area contributed by atoms with E-state index in [2.05, 4.69) is 6.58 Å². The lowest BCUT2D eigenvalue weighted by Crippen LogP contribution is -2.31. The number of nitrogen functional groups attached to an aromatic ring is 1. The van der Waals surface area contributed by atoms with E-state index in [0.717, 1.165) is 4.90 Å². The lowest BCUT2D eigenvalue weighted by molar-refractivity contribution is -0.128. The standard InChI is InChI=1S/C16H18N2OS2/c1-2-8-18(11-15-7-4-9-20-15)16(19)12-21-14-6-3-5-13(17)10-14/h2-7,9-10H,1,8,11-12,17H2. The number of amides is 1. The SMILES string of the molecule is C=CCN(Cc1cccs1)C(=O)CSc1cccc(N)c1. The first-order valence-corrected chi connectivity index (χ1v) is 8.45. The molecule has 0 aliphatic carbocycles. The average molecular weight is 318 g/mol. The summed E-state index contributed by atoms with van der Waals surface area (Å²) >= 11 is 3.17. The van der Waals surface area contributed by atoms with Gasteiger partial charge in [0.25, 0.3) is 0 Å². The number of nitrogens with zero attached hydrogens (tertiary/aromatic N) is 1. The number of thiophene rings is 1. The van der Waals surface area contributed by atoms with E-state index in [-0.39, 0.29) is 5.91 Å². The summed E-state index contributed by atoms with van der Waals surface area (Å²) in [5.74, 6) is 0.513. The minimum Gasteiger partial charge on any atom is -0.399 e. The highest BCUT2D eigenvalue weighted by atomic mass is 32.2. The third-order valence-electron chi connectivity index (χ3n) is 2.85. The predicted molar refractivity (Wildman–Crippen MR) is 91.5 cm³/mol. The summed E-state index contributed by atoms with van der Waals surface area (Å²) in [5, 5.41) is 2.02. The molecular weight excluding hydrogens is 300 g/mol. The van der Waals surface area contributed by atoms with E-state index in [9.17, 15) is 4.79 Å². The van der Waals surface area contributed by atoms with E-state index in [4.69, 9.17) is 5.73 Å². The molecule has 0 radical (unpaired) electrons. The molecule has 0 atom stereocenters. The number of hydrogen-bond acceptors (Lipinski definition) is 4. The van der Waals surface area contributed by atoms with Crippen LogP contribution in [-0.4, -0.2) is 23.1 Å². The minimum absolute atomic E-state index is 0.107. The molecule has 2 N–H and O–H groups in total. The van der Waals surface area contributed by atoms with Gasteiger partial charge in [0.15, 0.2) is 0 Å². The molecule has 0 bridgehead atoms. The Kier molecular flexibility index (Phi) is 5.90. The first-order chi connectivity index (χ1) is 10.2. The number of rotatable bonds is 7. The molecule has 0 saturated carbocycles. The highest BCUT2D eigenvalue weighted by Crippen LogP contribution is 2.21. The number of nitrogens with two attached hydrogens (primary N) is 1. The molecule has 1 heterocycles. The van der Waals surface area contributed by atoms with Gasteiger partial charge in [-0.25, -0.2) is 0 Å². The second-order valence-electron chi connectivity index (χ2n) is 4.50. The average Bonchev–Trinajstić information content (AvgIpc) is 2.97. The number of carbonyl (C=O) groups is 1. The van der Waals surface area contributed by atoms with Gasteiger partial charge in [-0.15, -0.1) is 29.7 Å². The fourth-order valence-electron chi connectivity index (χ4n) is 1.84. The van der Waals surface area contributed by atoms with Crippen molar-refractivity contribution in [3.8, 4) is 0 Å². The Balaban J connectivity index is 1.93. The Morgan fingerprint density at radius 1 is 1.38 bits per heavy atom. The van der Waals surface area contributed by atoms with Gasteiger partial charge in [0.2, 0.25) is 5.91 Å². The first-order valence-electron chi connectivity index (χ1n) is 6.58. The van der Waals surface area contributed by atoms with E-state index >= 15 is 0 Å². The maximum absolute atomic E-state index is 12.3. The fourth-order valence-corrected chi connectivity index (χ4v) is 3.43. The first kappa shape index (κ1) is 15.7. The molecule has 1 aromatic carbocycles. The topological polar surface area (TPSA) is 46.3 Å². The highest BCUT2D eigenvalue weighted by molar-refractivity contribution is 8.00. The molecule has 0 spiro atoms. The van der Waals surface area contributed by atoms with Crippen molar-refractivity contribution in [1.82, 2.24) is 4.90 Å². The quantitative estimate of drug-likeness (QED) is 0.482. The molecule has 0 aliphatic rings. The van der Waals surface area contributed by atoms with Gasteiger partial charge in [0.1, 0.15) is 0 Å². The summed E-state index contributed by atoms with van der Waals surface area (Å²) in [7, 11) is 0. The summed E-state index contributed by atoms with van der Waals surface area (Å²) in [6.45, 7) is 4.93. The van der Waals surface area contributed by atoms with Crippen LogP contribution in [0.5, 0.6) is 0 Å². The second kappa shape index (κ2) is 7.90. The molecule has 2 rings (SSSR count). The van der Waals surface area contributed by atoms with E-state index in [1.165, 1.54) is 16.6 Å². The summed E-state index contributed by atoms with van der Waals surface area (Å²) in [4.78, 5) is 16.4. The van der Waals surface area contributed by atoms with Crippen LogP contribution in [0.15, 0.2) is 59.3 Å². The van der Waals surface area contributed by atoms with Gasteiger partial charge in [-0.3, -0.25) is 4.79 Å². The third kappa shape index (κ3) is 4.95. The number of anilines is 1. The molecule has 0 fully saturated rings. The fraction of sp³-hybridized carbons (Fsp3) is 0.188. The molecule has 0 unspecified atom stereocenters. The Bertz CT molecular complexity index is 596. The van der Waals surface area contributed by atoms with Crippen LogP contribution < -0.4 is 5.73 Å². The zero-order valence-corrected chi connectivity index (χ0v) is 13.3. The van der Waals surface area contributed by atoms with Gasteiger partial charge in [-0.1, -0.05) is 18.2 Å².